The minimum absolute atomic E-state index is 0.167. The van der Waals surface area contributed by atoms with Crippen molar-refractivity contribution in [2.45, 2.75) is 24.1 Å². The maximum atomic E-state index is 8.80. The Hall–Kier alpha value is -0.590. The molecule has 0 spiro atoms. The zero-order valence-electron chi connectivity index (χ0n) is 7.72. The Balaban J connectivity index is 2.08. The molecule has 0 aliphatic carbocycles. The first-order chi connectivity index (χ1) is 6.81. The lowest BCUT2D eigenvalue weighted by Crippen LogP contribution is -2.14. The highest BCUT2D eigenvalue weighted by Gasteiger charge is 2.24. The predicted molar refractivity (Wildman–Crippen MR) is 52.7 cm³/mol. The van der Waals surface area contributed by atoms with Crippen molar-refractivity contribution in [1.82, 2.24) is 10.1 Å². The number of aliphatic hydroxyl groups excluding tert-OH is 1. The van der Waals surface area contributed by atoms with Gasteiger partial charge in [0, 0.05) is 0 Å². The Labute approximate surface area is 86.1 Å². The second-order valence-electron chi connectivity index (χ2n) is 3.28. The molecule has 3 N–H and O–H groups in total. The van der Waals surface area contributed by atoms with Gasteiger partial charge in [-0.05, 0) is 18.6 Å². The van der Waals surface area contributed by atoms with E-state index in [1.165, 1.54) is 6.42 Å². The first-order valence-electron chi connectivity index (χ1n) is 4.63. The number of hydrogen-bond acceptors (Lipinski definition) is 6. The average Bonchev–Trinajstić information content (AvgIpc) is 2.86. The van der Waals surface area contributed by atoms with Crippen LogP contribution < -0.4 is 5.73 Å². The van der Waals surface area contributed by atoms with Crippen molar-refractivity contribution in [3.8, 4) is 0 Å². The topological polar surface area (TPSA) is 85.2 Å². The molecule has 78 valence electrons. The molecule has 0 saturated carbocycles. The van der Waals surface area contributed by atoms with Gasteiger partial charge in [-0.1, -0.05) is 5.16 Å². The van der Waals surface area contributed by atoms with Gasteiger partial charge in [-0.25, -0.2) is 0 Å². The van der Waals surface area contributed by atoms with Crippen molar-refractivity contribution >= 4 is 11.8 Å². The average molecular weight is 215 g/mol. The molecule has 14 heavy (non-hydrogen) atoms. The normalized spacial score (nSPS) is 24.0. The van der Waals surface area contributed by atoms with E-state index in [1.807, 2.05) is 11.8 Å². The van der Waals surface area contributed by atoms with Crippen LogP contribution in [0.4, 0.5) is 0 Å². The van der Waals surface area contributed by atoms with Crippen molar-refractivity contribution < 1.29 is 9.63 Å². The molecule has 5 nitrogen and oxygen atoms in total. The smallest absolute Gasteiger partial charge is 0.245 e. The second kappa shape index (κ2) is 4.29. The fourth-order valence-electron chi connectivity index (χ4n) is 1.39. The SMILES string of the molecule is NC(CO)c1nc(C2CCCS2)no1. The van der Waals surface area contributed by atoms with Crippen molar-refractivity contribution in [2.24, 2.45) is 5.73 Å². The van der Waals surface area contributed by atoms with E-state index >= 15 is 0 Å². The van der Waals surface area contributed by atoms with Crippen LogP contribution in [0, 0.1) is 0 Å². The van der Waals surface area contributed by atoms with Gasteiger partial charge in [0.15, 0.2) is 5.82 Å². The summed E-state index contributed by atoms with van der Waals surface area (Å²) in [5, 5.41) is 13.0. The number of thioether (sulfide) groups is 1. The Morgan fingerprint density at radius 2 is 2.57 bits per heavy atom. The lowest BCUT2D eigenvalue weighted by Gasteiger charge is -2.00. The van der Waals surface area contributed by atoms with Gasteiger partial charge in [0.2, 0.25) is 5.89 Å². The van der Waals surface area contributed by atoms with Crippen molar-refractivity contribution in [3.63, 3.8) is 0 Å². The summed E-state index contributed by atoms with van der Waals surface area (Å²) in [7, 11) is 0. The molecule has 1 aliphatic heterocycles. The van der Waals surface area contributed by atoms with E-state index in [0.29, 0.717) is 17.0 Å². The van der Waals surface area contributed by atoms with E-state index in [4.69, 9.17) is 15.4 Å². The highest BCUT2D eigenvalue weighted by atomic mass is 32.2. The summed E-state index contributed by atoms with van der Waals surface area (Å²) in [6, 6.07) is -0.553. The molecule has 0 bridgehead atoms. The monoisotopic (exact) mass is 215 g/mol. The van der Waals surface area contributed by atoms with E-state index in [2.05, 4.69) is 10.1 Å². The van der Waals surface area contributed by atoms with E-state index in [-0.39, 0.29) is 6.61 Å². The lowest BCUT2D eigenvalue weighted by atomic mass is 10.2. The Morgan fingerprint density at radius 1 is 1.71 bits per heavy atom. The van der Waals surface area contributed by atoms with E-state index < -0.39 is 6.04 Å². The largest absolute Gasteiger partial charge is 0.394 e. The third kappa shape index (κ3) is 1.92. The molecule has 0 aromatic carbocycles. The number of nitrogens with two attached hydrogens (primary N) is 1. The molecule has 0 radical (unpaired) electrons. The molecular weight excluding hydrogens is 202 g/mol. The van der Waals surface area contributed by atoms with Gasteiger partial charge in [0.05, 0.1) is 11.9 Å². The number of aliphatic hydroxyl groups is 1. The first kappa shape index (κ1) is 9.95. The fraction of sp³-hybridized carbons (Fsp3) is 0.750. The molecule has 2 atom stereocenters. The van der Waals surface area contributed by atoms with Gasteiger partial charge in [-0.3, -0.25) is 0 Å². The van der Waals surface area contributed by atoms with Gasteiger partial charge >= 0.3 is 0 Å². The van der Waals surface area contributed by atoms with Crippen molar-refractivity contribution in [3.05, 3.63) is 11.7 Å². The molecule has 1 aromatic rings. The van der Waals surface area contributed by atoms with E-state index in [0.717, 1.165) is 12.2 Å². The molecule has 0 amide bonds. The van der Waals surface area contributed by atoms with Crippen LogP contribution in [0.15, 0.2) is 4.52 Å². The first-order valence-corrected chi connectivity index (χ1v) is 5.67. The summed E-state index contributed by atoms with van der Waals surface area (Å²) in [5.41, 5.74) is 5.55. The molecule has 6 heteroatoms. The molecule has 1 fully saturated rings. The summed E-state index contributed by atoms with van der Waals surface area (Å²) in [4.78, 5) is 4.18. The maximum absolute atomic E-state index is 8.80. The number of hydrogen-bond donors (Lipinski definition) is 2. The number of rotatable bonds is 3. The Morgan fingerprint density at radius 3 is 3.21 bits per heavy atom. The van der Waals surface area contributed by atoms with Crippen molar-refractivity contribution in [1.29, 1.82) is 0 Å². The molecule has 1 aromatic heterocycles. The number of nitrogens with zero attached hydrogens (tertiary/aromatic N) is 2. The zero-order valence-corrected chi connectivity index (χ0v) is 8.54. The standard InChI is InChI=1S/C8H13N3O2S/c9-5(4-12)8-10-7(11-13-8)6-2-1-3-14-6/h5-6,12H,1-4,9H2. The third-order valence-corrected chi connectivity index (χ3v) is 3.56. The highest BCUT2D eigenvalue weighted by Crippen LogP contribution is 2.38. The Kier molecular flexibility index (Phi) is 3.05. The van der Waals surface area contributed by atoms with Crippen LogP contribution in [-0.2, 0) is 0 Å². The summed E-state index contributed by atoms with van der Waals surface area (Å²) in [6.07, 6.45) is 2.29. The summed E-state index contributed by atoms with van der Waals surface area (Å²) in [6.45, 7) is -0.167. The molecule has 1 aliphatic rings. The molecule has 2 heterocycles. The second-order valence-corrected chi connectivity index (χ2v) is 4.59. The molecule has 2 unspecified atom stereocenters. The van der Waals surface area contributed by atoms with Gasteiger partial charge in [-0.2, -0.15) is 16.7 Å². The number of aromatic nitrogens is 2. The van der Waals surface area contributed by atoms with E-state index in [9.17, 15) is 0 Å². The van der Waals surface area contributed by atoms with Crippen LogP contribution in [0.1, 0.15) is 35.8 Å². The van der Waals surface area contributed by atoms with Crippen LogP contribution in [0.3, 0.4) is 0 Å². The molecular formula is C8H13N3O2S. The molecule has 1 saturated heterocycles. The van der Waals surface area contributed by atoms with Crippen molar-refractivity contribution in [2.75, 3.05) is 12.4 Å². The maximum Gasteiger partial charge on any atom is 0.245 e. The van der Waals surface area contributed by atoms with Gasteiger partial charge in [0.25, 0.3) is 0 Å². The minimum atomic E-state index is -0.553. The van der Waals surface area contributed by atoms with E-state index in [1.54, 1.807) is 0 Å². The van der Waals surface area contributed by atoms with Gasteiger partial charge in [0.1, 0.15) is 6.04 Å². The minimum Gasteiger partial charge on any atom is -0.394 e. The third-order valence-electron chi connectivity index (χ3n) is 2.19. The Bertz CT molecular complexity index is 299. The predicted octanol–water partition coefficient (Wildman–Crippen LogP) is 0.630. The van der Waals surface area contributed by atoms with Gasteiger partial charge in [-0.15, -0.1) is 0 Å². The quantitative estimate of drug-likeness (QED) is 0.769. The van der Waals surface area contributed by atoms with Crippen LogP contribution in [0.2, 0.25) is 0 Å². The van der Waals surface area contributed by atoms with Gasteiger partial charge < -0.3 is 15.4 Å². The summed E-state index contributed by atoms with van der Waals surface area (Å²) >= 11 is 1.84. The summed E-state index contributed by atoms with van der Waals surface area (Å²) in [5.74, 6) is 2.20. The summed E-state index contributed by atoms with van der Waals surface area (Å²) < 4.78 is 4.97. The van der Waals surface area contributed by atoms with Crippen LogP contribution in [-0.4, -0.2) is 27.6 Å². The lowest BCUT2D eigenvalue weighted by molar-refractivity contribution is 0.236. The van der Waals surface area contributed by atoms with Crippen LogP contribution >= 0.6 is 11.8 Å². The highest BCUT2D eigenvalue weighted by molar-refractivity contribution is 7.99. The molecule has 2 rings (SSSR count). The fourth-order valence-corrected chi connectivity index (χ4v) is 2.58. The van der Waals surface area contributed by atoms with Crippen LogP contribution in [0.25, 0.3) is 0 Å². The zero-order chi connectivity index (χ0) is 9.97. The van der Waals surface area contributed by atoms with Crippen LogP contribution in [0.5, 0.6) is 0 Å².